The average molecular weight is 298 g/mol. The zero-order valence-corrected chi connectivity index (χ0v) is 12.8. The molecule has 23 heavy (non-hydrogen) atoms. The smallest absolute Gasteiger partial charge is 0.0865 e. The lowest BCUT2D eigenvalue weighted by atomic mass is 9.94. The van der Waals surface area contributed by atoms with Crippen LogP contribution in [0.15, 0.2) is 89.9 Å². The maximum Gasteiger partial charge on any atom is 0.0865 e. The van der Waals surface area contributed by atoms with Gasteiger partial charge in [0.2, 0.25) is 0 Å². The van der Waals surface area contributed by atoms with Gasteiger partial charge < -0.3 is 5.32 Å². The largest absolute Gasteiger partial charge is 0.375 e. The number of fused-ring (bicyclic) bond motifs is 1. The molecule has 2 heteroatoms. The third-order valence-electron chi connectivity index (χ3n) is 4.16. The van der Waals surface area contributed by atoms with Crippen molar-refractivity contribution >= 4 is 17.1 Å². The monoisotopic (exact) mass is 298 g/mol. The summed E-state index contributed by atoms with van der Waals surface area (Å²) >= 11 is 0. The zero-order valence-electron chi connectivity index (χ0n) is 12.8. The number of aliphatic imine (C=N–C) groups is 1. The number of hydrogen-bond donors (Lipinski definition) is 1. The molecule has 0 fully saturated rings. The quantitative estimate of drug-likeness (QED) is 0.735. The Morgan fingerprint density at radius 1 is 0.739 bits per heavy atom. The van der Waals surface area contributed by atoms with Crippen LogP contribution in [-0.2, 0) is 6.42 Å². The van der Waals surface area contributed by atoms with Crippen LogP contribution >= 0.6 is 0 Å². The summed E-state index contributed by atoms with van der Waals surface area (Å²) in [4.78, 5) is 4.95. The minimum Gasteiger partial charge on any atom is -0.375 e. The Hall–Kier alpha value is -2.87. The van der Waals surface area contributed by atoms with Crippen LogP contribution in [-0.4, -0.2) is 11.8 Å². The molecule has 1 atom stereocenters. The van der Waals surface area contributed by atoms with Crippen LogP contribution in [0.2, 0.25) is 0 Å². The van der Waals surface area contributed by atoms with Crippen LogP contribution in [0.4, 0.5) is 11.4 Å². The molecule has 112 valence electrons. The number of nitrogens with zero attached hydrogens (tertiary/aromatic N) is 1. The minimum atomic E-state index is 0.176. The summed E-state index contributed by atoms with van der Waals surface area (Å²) in [7, 11) is 0. The van der Waals surface area contributed by atoms with Gasteiger partial charge in [-0.3, -0.25) is 0 Å². The van der Waals surface area contributed by atoms with E-state index in [-0.39, 0.29) is 6.04 Å². The van der Waals surface area contributed by atoms with E-state index >= 15 is 0 Å². The number of anilines is 1. The summed E-state index contributed by atoms with van der Waals surface area (Å²) in [6, 6.07) is 29.4. The van der Waals surface area contributed by atoms with Gasteiger partial charge >= 0.3 is 0 Å². The van der Waals surface area contributed by atoms with E-state index < -0.39 is 0 Å². The molecule has 0 saturated carbocycles. The second-order valence-corrected chi connectivity index (χ2v) is 5.77. The zero-order chi connectivity index (χ0) is 15.5. The topological polar surface area (TPSA) is 24.4 Å². The number of nitrogens with one attached hydrogen (secondary N) is 1. The Bertz CT molecular complexity index is 823. The fourth-order valence-corrected chi connectivity index (χ4v) is 3.03. The minimum absolute atomic E-state index is 0.176. The summed E-state index contributed by atoms with van der Waals surface area (Å²) in [6.45, 7) is 0. The summed E-state index contributed by atoms with van der Waals surface area (Å²) in [6.07, 6.45) is 0.920. The van der Waals surface area contributed by atoms with Crippen molar-refractivity contribution in [2.24, 2.45) is 4.99 Å². The molecule has 1 unspecified atom stereocenters. The summed E-state index contributed by atoms with van der Waals surface area (Å²) in [5.74, 6) is 0. The Labute approximate surface area is 136 Å². The van der Waals surface area contributed by atoms with Crippen LogP contribution in [0.5, 0.6) is 0 Å². The molecule has 0 bridgehead atoms. The maximum absolute atomic E-state index is 4.95. The van der Waals surface area contributed by atoms with Crippen LogP contribution in [0.25, 0.3) is 0 Å². The fraction of sp³-hybridized carbons (Fsp3) is 0.0952. The molecule has 1 heterocycles. The average Bonchev–Trinajstić information content (AvgIpc) is 2.63. The lowest BCUT2D eigenvalue weighted by Crippen LogP contribution is -2.34. The van der Waals surface area contributed by atoms with Gasteiger partial charge in [0.25, 0.3) is 0 Å². The first-order chi connectivity index (χ1) is 11.4. The third kappa shape index (κ3) is 2.88. The number of para-hydroxylation sites is 2. The molecule has 4 rings (SSSR count). The van der Waals surface area contributed by atoms with E-state index in [2.05, 4.69) is 78.1 Å². The van der Waals surface area contributed by atoms with Crippen LogP contribution in [0, 0.1) is 0 Å². The second kappa shape index (κ2) is 6.09. The van der Waals surface area contributed by atoms with Gasteiger partial charge in [-0.1, -0.05) is 72.8 Å². The molecule has 0 amide bonds. The van der Waals surface area contributed by atoms with Gasteiger partial charge in [-0.15, -0.1) is 0 Å². The molecule has 0 spiro atoms. The van der Waals surface area contributed by atoms with Crippen molar-refractivity contribution in [1.29, 1.82) is 0 Å². The number of rotatable bonds is 3. The van der Waals surface area contributed by atoms with E-state index in [0.29, 0.717) is 0 Å². The second-order valence-electron chi connectivity index (χ2n) is 5.77. The normalized spacial score (nSPS) is 16.2. The molecule has 1 aliphatic heterocycles. The molecular weight excluding hydrogens is 280 g/mol. The van der Waals surface area contributed by atoms with Gasteiger partial charge in [0.1, 0.15) is 0 Å². The van der Waals surface area contributed by atoms with Gasteiger partial charge in [-0.05, 0) is 29.7 Å². The maximum atomic E-state index is 4.95. The Balaban J connectivity index is 1.75. The van der Waals surface area contributed by atoms with E-state index in [1.54, 1.807) is 0 Å². The third-order valence-corrected chi connectivity index (χ3v) is 4.16. The molecule has 3 aromatic carbocycles. The fourth-order valence-electron chi connectivity index (χ4n) is 3.03. The lowest BCUT2D eigenvalue weighted by Gasteiger charge is -2.27. The standard InChI is InChI=1S/C21H18N2/c1-3-9-16(10-4-1)15-20-21(17-11-5-2-6-12-17)23-19-14-8-7-13-18(19)22-20/h1-14,20,22H,15H2. The van der Waals surface area contributed by atoms with E-state index in [9.17, 15) is 0 Å². The first-order valence-corrected chi connectivity index (χ1v) is 7.94. The van der Waals surface area contributed by atoms with E-state index in [4.69, 9.17) is 4.99 Å². The molecule has 0 aliphatic carbocycles. The van der Waals surface area contributed by atoms with Crippen molar-refractivity contribution in [3.8, 4) is 0 Å². The predicted octanol–water partition coefficient (Wildman–Crippen LogP) is 4.84. The van der Waals surface area contributed by atoms with Crippen molar-refractivity contribution in [2.45, 2.75) is 12.5 Å². The first-order valence-electron chi connectivity index (χ1n) is 7.94. The van der Waals surface area contributed by atoms with E-state index in [1.807, 2.05) is 12.1 Å². The van der Waals surface area contributed by atoms with Crippen molar-refractivity contribution in [1.82, 2.24) is 0 Å². The molecule has 0 aromatic heterocycles. The van der Waals surface area contributed by atoms with Crippen molar-refractivity contribution in [3.05, 3.63) is 96.1 Å². The summed E-state index contributed by atoms with van der Waals surface area (Å²) in [5.41, 5.74) is 5.71. The summed E-state index contributed by atoms with van der Waals surface area (Å²) in [5, 5.41) is 3.66. The summed E-state index contributed by atoms with van der Waals surface area (Å²) < 4.78 is 0. The predicted molar refractivity (Wildman–Crippen MR) is 96.6 cm³/mol. The highest BCUT2D eigenvalue weighted by Gasteiger charge is 2.23. The van der Waals surface area contributed by atoms with Crippen LogP contribution < -0.4 is 5.32 Å². The molecule has 3 aromatic rings. The molecular formula is C21H18N2. The van der Waals surface area contributed by atoms with Gasteiger partial charge in [0.05, 0.1) is 23.1 Å². The van der Waals surface area contributed by atoms with Gasteiger partial charge in [0.15, 0.2) is 0 Å². The lowest BCUT2D eigenvalue weighted by molar-refractivity contribution is 0.893. The van der Waals surface area contributed by atoms with E-state index in [0.717, 1.165) is 23.5 Å². The van der Waals surface area contributed by atoms with Crippen LogP contribution in [0.1, 0.15) is 11.1 Å². The number of hydrogen-bond acceptors (Lipinski definition) is 2. The van der Waals surface area contributed by atoms with Gasteiger partial charge in [0, 0.05) is 0 Å². The highest BCUT2D eigenvalue weighted by atomic mass is 15.0. The molecule has 1 N–H and O–H groups in total. The molecule has 0 saturated heterocycles. The van der Waals surface area contributed by atoms with E-state index in [1.165, 1.54) is 11.1 Å². The molecule has 0 radical (unpaired) electrons. The highest BCUT2D eigenvalue weighted by molar-refractivity contribution is 6.09. The van der Waals surface area contributed by atoms with Gasteiger partial charge in [-0.2, -0.15) is 0 Å². The first kappa shape index (κ1) is 13.8. The Morgan fingerprint density at radius 3 is 2.17 bits per heavy atom. The highest BCUT2D eigenvalue weighted by Crippen LogP contribution is 2.31. The van der Waals surface area contributed by atoms with Gasteiger partial charge in [-0.25, -0.2) is 4.99 Å². The Morgan fingerprint density at radius 2 is 1.39 bits per heavy atom. The van der Waals surface area contributed by atoms with Crippen molar-refractivity contribution < 1.29 is 0 Å². The Kier molecular flexibility index (Phi) is 3.65. The molecule has 2 nitrogen and oxygen atoms in total. The molecule has 1 aliphatic rings. The van der Waals surface area contributed by atoms with Crippen molar-refractivity contribution in [2.75, 3.05) is 5.32 Å². The SMILES string of the molecule is c1ccc(CC2Nc3ccccc3N=C2c2ccccc2)cc1. The van der Waals surface area contributed by atoms with Crippen molar-refractivity contribution in [3.63, 3.8) is 0 Å². The number of benzene rings is 3. The van der Waals surface area contributed by atoms with Crippen LogP contribution in [0.3, 0.4) is 0 Å².